The number of phenols is 2. The van der Waals surface area contributed by atoms with Gasteiger partial charge in [0.05, 0.1) is 11.9 Å². The van der Waals surface area contributed by atoms with Crippen molar-refractivity contribution in [2.75, 3.05) is 0 Å². The first-order valence-electron chi connectivity index (χ1n) is 8.82. The number of rotatable bonds is 8. The summed E-state index contributed by atoms with van der Waals surface area (Å²) in [6.45, 7) is 4.45. The summed E-state index contributed by atoms with van der Waals surface area (Å²) >= 11 is 0. The van der Waals surface area contributed by atoms with E-state index < -0.39 is 0 Å². The lowest BCUT2D eigenvalue weighted by Crippen LogP contribution is -2.02. The summed E-state index contributed by atoms with van der Waals surface area (Å²) < 4.78 is 0. The lowest BCUT2D eigenvalue weighted by atomic mass is 10.0. The number of unbranched alkanes of at least 4 members (excludes halogenated alkanes) is 4. The van der Waals surface area contributed by atoms with Crippen molar-refractivity contribution in [2.45, 2.75) is 65.2 Å². The summed E-state index contributed by atoms with van der Waals surface area (Å²) in [5.41, 5.74) is 2.47. The van der Waals surface area contributed by atoms with Crippen molar-refractivity contribution in [3.8, 4) is 11.5 Å². The van der Waals surface area contributed by atoms with Gasteiger partial charge in [-0.05, 0) is 48.6 Å². The van der Waals surface area contributed by atoms with E-state index in [4.69, 9.17) is 10.2 Å². The summed E-state index contributed by atoms with van der Waals surface area (Å²) in [6.07, 6.45) is 11.6. The molecule has 0 aliphatic rings. The highest BCUT2D eigenvalue weighted by atomic mass is 16.3. The number of aromatic hydroxyl groups is 2. The van der Waals surface area contributed by atoms with Crippen molar-refractivity contribution in [1.82, 2.24) is 15.4 Å². The number of hydrogen-bond acceptors (Lipinski definition) is 5. The predicted octanol–water partition coefficient (Wildman–Crippen LogP) is 4.43. The van der Waals surface area contributed by atoms with Crippen LogP contribution in [0.3, 0.4) is 0 Å². The minimum absolute atomic E-state index is 0.0764. The van der Waals surface area contributed by atoms with Crippen LogP contribution in [0.2, 0.25) is 0 Å². The molecule has 2 rings (SSSR count). The van der Waals surface area contributed by atoms with Gasteiger partial charge < -0.3 is 10.2 Å². The van der Waals surface area contributed by atoms with E-state index >= 15 is 0 Å². The van der Waals surface area contributed by atoms with Crippen molar-refractivity contribution in [3.63, 3.8) is 0 Å². The molecule has 0 unspecified atom stereocenters. The van der Waals surface area contributed by atoms with E-state index in [-0.39, 0.29) is 11.5 Å². The van der Waals surface area contributed by atoms with Crippen molar-refractivity contribution < 1.29 is 10.2 Å². The van der Waals surface area contributed by atoms with Crippen molar-refractivity contribution in [1.29, 1.82) is 0 Å². The van der Waals surface area contributed by atoms with E-state index in [0.29, 0.717) is 0 Å². The highest BCUT2D eigenvalue weighted by Crippen LogP contribution is 2.21. The molecule has 0 radical (unpaired) electrons. The highest BCUT2D eigenvalue weighted by molar-refractivity contribution is 5.36. The summed E-state index contributed by atoms with van der Waals surface area (Å²) in [5.74, 6) is -0.153. The molecule has 0 saturated heterocycles. The standard InChI is InChI=1S/C13H23N3.C6H6O2/c1-3-5-7-9-12-11-14-16-15-13(12)10-8-6-4-2;7-5-3-1-2-4-6(5)8/h11H,3-10H2,1-2H3;1-4,7-8H. The Hall–Kier alpha value is -2.17. The fraction of sp³-hybridized carbons (Fsp3) is 0.526. The van der Waals surface area contributed by atoms with Crippen LogP contribution in [0, 0.1) is 0 Å². The third-order valence-corrected chi connectivity index (χ3v) is 3.75. The maximum atomic E-state index is 8.67. The van der Waals surface area contributed by atoms with Gasteiger partial charge >= 0.3 is 0 Å². The van der Waals surface area contributed by atoms with Crippen LogP contribution in [-0.4, -0.2) is 25.6 Å². The molecular weight excluding hydrogens is 302 g/mol. The highest BCUT2D eigenvalue weighted by Gasteiger charge is 2.04. The van der Waals surface area contributed by atoms with Crippen LogP contribution >= 0.6 is 0 Å². The second-order valence-corrected chi connectivity index (χ2v) is 5.81. The van der Waals surface area contributed by atoms with Crippen LogP contribution in [0.25, 0.3) is 0 Å². The first-order chi connectivity index (χ1) is 11.7. The molecular formula is C19H29N3O2. The second kappa shape index (κ2) is 12.3. The minimum atomic E-state index is -0.0764. The molecule has 0 atom stereocenters. The molecule has 5 nitrogen and oxygen atoms in total. The van der Waals surface area contributed by atoms with Gasteiger partial charge in [-0.15, -0.1) is 10.2 Å². The van der Waals surface area contributed by atoms with E-state index in [1.54, 1.807) is 12.1 Å². The van der Waals surface area contributed by atoms with Crippen molar-refractivity contribution in [3.05, 3.63) is 41.7 Å². The number of aryl methyl sites for hydroxylation is 2. The van der Waals surface area contributed by atoms with Gasteiger partial charge in [-0.2, -0.15) is 0 Å². The molecule has 0 aliphatic heterocycles. The van der Waals surface area contributed by atoms with Gasteiger partial charge in [-0.3, -0.25) is 0 Å². The van der Waals surface area contributed by atoms with Crippen LogP contribution in [0.15, 0.2) is 30.5 Å². The first-order valence-corrected chi connectivity index (χ1v) is 8.82. The Bertz CT molecular complexity index is 526. The lowest BCUT2D eigenvalue weighted by Gasteiger charge is -2.05. The SMILES string of the molecule is CCCCCc1cnnnc1CCCCC.Oc1ccccc1O. The molecule has 1 aromatic heterocycles. The molecule has 0 bridgehead atoms. The van der Waals surface area contributed by atoms with Gasteiger partial charge in [0.15, 0.2) is 11.5 Å². The van der Waals surface area contributed by atoms with Gasteiger partial charge in [-0.25, -0.2) is 0 Å². The zero-order chi connectivity index (χ0) is 17.6. The molecule has 2 aromatic rings. The summed E-state index contributed by atoms with van der Waals surface area (Å²) in [6, 6.07) is 6.15. The van der Waals surface area contributed by atoms with Crippen molar-refractivity contribution >= 4 is 0 Å². The number of aromatic nitrogens is 3. The Labute approximate surface area is 144 Å². The van der Waals surface area contributed by atoms with Gasteiger partial charge in [0, 0.05) is 0 Å². The predicted molar refractivity (Wildman–Crippen MR) is 96.1 cm³/mol. The van der Waals surface area contributed by atoms with Gasteiger partial charge in [0.2, 0.25) is 0 Å². The molecule has 132 valence electrons. The molecule has 1 heterocycles. The minimum Gasteiger partial charge on any atom is -0.504 e. The Kier molecular flexibility index (Phi) is 10.2. The smallest absolute Gasteiger partial charge is 0.157 e. The van der Waals surface area contributed by atoms with E-state index in [9.17, 15) is 0 Å². The number of para-hydroxylation sites is 2. The Morgan fingerprint density at radius 2 is 1.42 bits per heavy atom. The summed E-state index contributed by atoms with van der Waals surface area (Å²) in [7, 11) is 0. The number of hydrogen-bond donors (Lipinski definition) is 2. The zero-order valence-corrected chi connectivity index (χ0v) is 14.8. The molecule has 0 aliphatic carbocycles. The number of benzene rings is 1. The summed E-state index contributed by atoms with van der Waals surface area (Å²) in [5, 5.41) is 29.2. The quantitative estimate of drug-likeness (QED) is 0.552. The molecule has 0 spiro atoms. The molecule has 0 fully saturated rings. The van der Waals surface area contributed by atoms with Crippen LogP contribution in [0.1, 0.15) is 63.6 Å². The van der Waals surface area contributed by atoms with Gasteiger partial charge in [-0.1, -0.05) is 51.7 Å². The largest absolute Gasteiger partial charge is 0.504 e. The maximum absolute atomic E-state index is 8.67. The molecule has 24 heavy (non-hydrogen) atoms. The fourth-order valence-electron chi connectivity index (χ4n) is 2.31. The second-order valence-electron chi connectivity index (χ2n) is 5.81. The Morgan fingerprint density at radius 3 is 1.96 bits per heavy atom. The number of phenolic OH excluding ortho intramolecular Hbond substituents is 2. The van der Waals surface area contributed by atoms with Crippen molar-refractivity contribution in [2.24, 2.45) is 0 Å². The summed E-state index contributed by atoms with van der Waals surface area (Å²) in [4.78, 5) is 0. The van der Waals surface area contributed by atoms with E-state index in [1.165, 1.54) is 61.9 Å². The zero-order valence-electron chi connectivity index (χ0n) is 14.8. The molecule has 5 heteroatoms. The third kappa shape index (κ3) is 7.90. The van der Waals surface area contributed by atoms with Gasteiger partial charge in [0.25, 0.3) is 0 Å². The molecule has 2 N–H and O–H groups in total. The van der Waals surface area contributed by atoms with Crippen LogP contribution in [-0.2, 0) is 12.8 Å². The molecule has 1 aromatic carbocycles. The van der Waals surface area contributed by atoms with E-state index in [0.717, 1.165) is 12.8 Å². The average molecular weight is 331 g/mol. The Balaban J connectivity index is 0.000000300. The van der Waals surface area contributed by atoms with Crippen LogP contribution < -0.4 is 0 Å². The van der Waals surface area contributed by atoms with E-state index in [2.05, 4.69) is 29.3 Å². The monoisotopic (exact) mass is 331 g/mol. The molecule has 0 saturated carbocycles. The van der Waals surface area contributed by atoms with E-state index in [1.807, 2.05) is 6.20 Å². The normalized spacial score (nSPS) is 10.1. The first kappa shape index (κ1) is 19.9. The topological polar surface area (TPSA) is 79.1 Å². The van der Waals surface area contributed by atoms with Gasteiger partial charge in [0.1, 0.15) is 0 Å². The number of nitrogens with zero attached hydrogens (tertiary/aromatic N) is 3. The van der Waals surface area contributed by atoms with Crippen LogP contribution in [0.5, 0.6) is 11.5 Å². The molecule has 0 amide bonds. The fourth-order valence-corrected chi connectivity index (χ4v) is 2.31. The maximum Gasteiger partial charge on any atom is 0.157 e. The third-order valence-electron chi connectivity index (χ3n) is 3.75. The Morgan fingerprint density at radius 1 is 0.833 bits per heavy atom. The average Bonchev–Trinajstić information content (AvgIpc) is 2.60. The van der Waals surface area contributed by atoms with Crippen LogP contribution in [0.4, 0.5) is 0 Å². The lowest BCUT2D eigenvalue weighted by molar-refractivity contribution is 0.404.